The van der Waals surface area contributed by atoms with Crippen LogP contribution in [0.2, 0.25) is 0 Å². The first-order valence-corrected chi connectivity index (χ1v) is 10.3. The second-order valence-corrected chi connectivity index (χ2v) is 7.34. The summed E-state index contributed by atoms with van der Waals surface area (Å²) >= 11 is 0. The standard InChI is InChI=1S/C24H27N3O5/c1-29-19-9-7-16(14-21(19)31-3)23-18-6-5-11-26(18)12-13-27(23)24(28)25-17-8-10-20(30-2)22(15-17)32-4/h5-11,14-15,23H,12-13H2,1-4H3,(H,25,28). The minimum atomic E-state index is -0.279. The van der Waals surface area contributed by atoms with Crippen LogP contribution >= 0.6 is 0 Å². The van der Waals surface area contributed by atoms with Crippen LogP contribution in [0.3, 0.4) is 0 Å². The van der Waals surface area contributed by atoms with Crippen LogP contribution < -0.4 is 24.3 Å². The van der Waals surface area contributed by atoms with Crippen molar-refractivity contribution in [1.29, 1.82) is 0 Å². The van der Waals surface area contributed by atoms with E-state index in [0.717, 1.165) is 11.3 Å². The molecule has 0 saturated heterocycles. The Morgan fingerprint density at radius 3 is 2.19 bits per heavy atom. The van der Waals surface area contributed by atoms with Crippen molar-refractivity contribution in [3.63, 3.8) is 0 Å². The number of amides is 2. The molecule has 3 aromatic rings. The van der Waals surface area contributed by atoms with Crippen LogP contribution in [0.4, 0.5) is 10.5 Å². The molecule has 1 unspecified atom stereocenters. The number of nitrogens with zero attached hydrogens (tertiary/aromatic N) is 2. The van der Waals surface area contributed by atoms with Crippen LogP contribution in [0.25, 0.3) is 0 Å². The van der Waals surface area contributed by atoms with Crippen molar-refractivity contribution < 1.29 is 23.7 Å². The molecule has 32 heavy (non-hydrogen) atoms. The zero-order chi connectivity index (χ0) is 22.7. The van der Waals surface area contributed by atoms with Gasteiger partial charge in [-0.2, -0.15) is 0 Å². The van der Waals surface area contributed by atoms with Crippen molar-refractivity contribution in [2.75, 3.05) is 40.3 Å². The molecule has 0 radical (unpaired) electrons. The van der Waals surface area contributed by atoms with Gasteiger partial charge in [0.1, 0.15) is 0 Å². The van der Waals surface area contributed by atoms with Crippen molar-refractivity contribution in [2.24, 2.45) is 0 Å². The Labute approximate surface area is 187 Å². The van der Waals surface area contributed by atoms with Gasteiger partial charge in [-0.05, 0) is 42.0 Å². The summed E-state index contributed by atoms with van der Waals surface area (Å²) in [4.78, 5) is 15.2. The second kappa shape index (κ2) is 9.13. The van der Waals surface area contributed by atoms with E-state index in [1.54, 1.807) is 46.6 Å². The normalized spacial score (nSPS) is 15.0. The third-order valence-electron chi connectivity index (χ3n) is 5.66. The first kappa shape index (κ1) is 21.4. The van der Waals surface area contributed by atoms with Crippen molar-refractivity contribution >= 4 is 11.7 Å². The number of urea groups is 1. The molecular weight excluding hydrogens is 410 g/mol. The number of benzene rings is 2. The second-order valence-electron chi connectivity index (χ2n) is 7.34. The number of rotatable bonds is 6. The van der Waals surface area contributed by atoms with E-state index in [1.807, 2.05) is 41.4 Å². The van der Waals surface area contributed by atoms with Crippen molar-refractivity contribution in [2.45, 2.75) is 12.6 Å². The molecule has 8 nitrogen and oxygen atoms in total. The Morgan fingerprint density at radius 1 is 0.844 bits per heavy atom. The van der Waals surface area contributed by atoms with Crippen LogP contribution in [0.1, 0.15) is 17.3 Å². The number of methoxy groups -OCH3 is 4. The summed E-state index contributed by atoms with van der Waals surface area (Å²) in [5.41, 5.74) is 2.59. The molecule has 2 aromatic carbocycles. The third kappa shape index (κ3) is 3.91. The predicted octanol–water partition coefficient (Wildman–Crippen LogP) is 4.16. The zero-order valence-corrected chi connectivity index (χ0v) is 18.6. The van der Waals surface area contributed by atoms with E-state index >= 15 is 0 Å². The molecule has 1 aliphatic heterocycles. The average molecular weight is 437 g/mol. The van der Waals surface area contributed by atoms with Gasteiger partial charge in [-0.15, -0.1) is 0 Å². The highest BCUT2D eigenvalue weighted by Crippen LogP contribution is 2.38. The molecule has 4 rings (SSSR count). The Balaban J connectivity index is 1.67. The largest absolute Gasteiger partial charge is 0.493 e. The quantitative estimate of drug-likeness (QED) is 0.627. The van der Waals surface area contributed by atoms with Gasteiger partial charge in [0.15, 0.2) is 23.0 Å². The minimum Gasteiger partial charge on any atom is -0.493 e. The summed E-state index contributed by atoms with van der Waals surface area (Å²) in [7, 11) is 6.35. The summed E-state index contributed by atoms with van der Waals surface area (Å²) in [5.74, 6) is 2.41. The zero-order valence-electron chi connectivity index (χ0n) is 18.6. The van der Waals surface area contributed by atoms with Crippen LogP contribution in [0.5, 0.6) is 23.0 Å². The predicted molar refractivity (Wildman–Crippen MR) is 121 cm³/mol. The van der Waals surface area contributed by atoms with Crippen molar-refractivity contribution in [3.05, 3.63) is 66.0 Å². The van der Waals surface area contributed by atoms with E-state index in [0.29, 0.717) is 41.8 Å². The number of carbonyl (C=O) groups is 1. The fourth-order valence-corrected chi connectivity index (χ4v) is 4.09. The molecule has 1 aliphatic rings. The molecule has 0 saturated carbocycles. The average Bonchev–Trinajstić information content (AvgIpc) is 3.31. The summed E-state index contributed by atoms with van der Waals surface area (Å²) in [6.07, 6.45) is 2.03. The Hall–Kier alpha value is -3.81. The van der Waals surface area contributed by atoms with Gasteiger partial charge in [-0.1, -0.05) is 6.07 Å². The van der Waals surface area contributed by atoms with Gasteiger partial charge in [0, 0.05) is 36.7 Å². The van der Waals surface area contributed by atoms with Crippen LogP contribution in [-0.2, 0) is 6.54 Å². The summed E-state index contributed by atoms with van der Waals surface area (Å²) in [6, 6.07) is 14.6. The van der Waals surface area contributed by atoms with Gasteiger partial charge in [0.25, 0.3) is 0 Å². The van der Waals surface area contributed by atoms with E-state index in [-0.39, 0.29) is 12.1 Å². The molecule has 0 aliphatic carbocycles. The molecule has 0 fully saturated rings. The maximum Gasteiger partial charge on any atom is 0.322 e. The lowest BCUT2D eigenvalue weighted by Crippen LogP contribution is -2.44. The van der Waals surface area contributed by atoms with Gasteiger partial charge in [-0.25, -0.2) is 4.79 Å². The van der Waals surface area contributed by atoms with Gasteiger partial charge in [0.05, 0.1) is 34.5 Å². The molecule has 8 heteroatoms. The van der Waals surface area contributed by atoms with E-state index in [1.165, 1.54) is 0 Å². The molecule has 0 spiro atoms. The van der Waals surface area contributed by atoms with Crippen LogP contribution in [0, 0.1) is 0 Å². The van der Waals surface area contributed by atoms with E-state index in [4.69, 9.17) is 18.9 Å². The van der Waals surface area contributed by atoms with Crippen molar-refractivity contribution in [1.82, 2.24) is 9.47 Å². The monoisotopic (exact) mass is 437 g/mol. The summed E-state index contributed by atoms with van der Waals surface area (Å²) < 4.78 is 23.7. The minimum absolute atomic E-state index is 0.204. The smallest absolute Gasteiger partial charge is 0.322 e. The third-order valence-corrected chi connectivity index (χ3v) is 5.66. The first-order valence-electron chi connectivity index (χ1n) is 10.3. The lowest BCUT2D eigenvalue weighted by Gasteiger charge is -2.37. The van der Waals surface area contributed by atoms with Crippen molar-refractivity contribution in [3.8, 4) is 23.0 Å². The number of hydrogen-bond acceptors (Lipinski definition) is 5. The first-order chi connectivity index (χ1) is 15.6. The fraction of sp³-hybridized carbons (Fsp3) is 0.292. The van der Waals surface area contributed by atoms with E-state index < -0.39 is 0 Å². The van der Waals surface area contributed by atoms with Crippen LogP contribution in [0.15, 0.2) is 54.7 Å². The molecule has 1 aromatic heterocycles. The topological polar surface area (TPSA) is 74.2 Å². The van der Waals surface area contributed by atoms with Gasteiger partial charge >= 0.3 is 6.03 Å². The van der Waals surface area contributed by atoms with E-state index in [2.05, 4.69) is 9.88 Å². The number of nitrogens with one attached hydrogen (secondary N) is 1. The molecule has 168 valence electrons. The highest BCUT2D eigenvalue weighted by molar-refractivity contribution is 5.90. The lowest BCUT2D eigenvalue weighted by atomic mass is 9.99. The number of aromatic nitrogens is 1. The fourth-order valence-electron chi connectivity index (χ4n) is 4.09. The highest BCUT2D eigenvalue weighted by atomic mass is 16.5. The molecule has 0 bridgehead atoms. The molecule has 2 amide bonds. The number of fused-ring (bicyclic) bond motifs is 1. The van der Waals surface area contributed by atoms with E-state index in [9.17, 15) is 4.79 Å². The summed E-state index contributed by atoms with van der Waals surface area (Å²) in [6.45, 7) is 1.27. The molecule has 1 atom stereocenters. The van der Waals surface area contributed by atoms with Gasteiger partial charge in [0.2, 0.25) is 0 Å². The lowest BCUT2D eigenvalue weighted by molar-refractivity contribution is 0.181. The number of carbonyl (C=O) groups excluding carboxylic acids is 1. The van der Waals surface area contributed by atoms with Crippen LogP contribution in [-0.4, -0.2) is 50.5 Å². The molecular formula is C24H27N3O5. The molecule has 2 heterocycles. The Bertz CT molecular complexity index is 1110. The van der Waals surface area contributed by atoms with Gasteiger partial charge in [-0.3, -0.25) is 0 Å². The van der Waals surface area contributed by atoms with Gasteiger partial charge < -0.3 is 33.7 Å². The maximum absolute atomic E-state index is 13.4. The maximum atomic E-state index is 13.4. The highest BCUT2D eigenvalue weighted by Gasteiger charge is 2.33. The number of ether oxygens (including phenoxy) is 4. The molecule has 1 N–H and O–H groups in total. The number of hydrogen-bond donors (Lipinski definition) is 1. The SMILES string of the molecule is COc1ccc(NC(=O)N2CCn3cccc3C2c2ccc(OC)c(OC)c2)cc1OC. The summed E-state index contributed by atoms with van der Waals surface area (Å²) in [5, 5.41) is 3.00. The number of anilines is 1. The Morgan fingerprint density at radius 2 is 1.50 bits per heavy atom. The Kier molecular flexibility index (Phi) is 6.11.